The summed E-state index contributed by atoms with van der Waals surface area (Å²) in [7, 11) is 0. The molecule has 0 aliphatic carbocycles. The van der Waals surface area contributed by atoms with Crippen molar-refractivity contribution in [1.29, 1.82) is 0 Å². The lowest BCUT2D eigenvalue weighted by Crippen LogP contribution is -2.40. The maximum atomic E-state index is 12.8. The molecule has 0 saturated carbocycles. The van der Waals surface area contributed by atoms with E-state index in [9.17, 15) is 9.59 Å². The number of carbonyl (C=O) groups is 2. The number of hydrogen-bond acceptors (Lipinski definition) is 3. The van der Waals surface area contributed by atoms with Gasteiger partial charge in [-0.05, 0) is 30.5 Å². The van der Waals surface area contributed by atoms with Crippen LogP contribution in [-0.4, -0.2) is 49.7 Å². The molecule has 0 bridgehead atoms. The Morgan fingerprint density at radius 3 is 2.96 bits per heavy atom. The van der Waals surface area contributed by atoms with E-state index in [0.29, 0.717) is 13.0 Å². The number of rotatable bonds is 5. The number of amides is 1. The number of piperidine rings is 1. The number of carbonyl (C=O) groups excluding carboxylic acids is 1. The number of carboxylic acids is 1. The van der Waals surface area contributed by atoms with Gasteiger partial charge in [0.1, 0.15) is 6.54 Å². The first kappa shape index (κ1) is 17.3. The van der Waals surface area contributed by atoms with Gasteiger partial charge in [0.2, 0.25) is 5.91 Å². The Hall–Kier alpha value is -3.09. The molecule has 2 N–H and O–H groups in total. The molecule has 27 heavy (non-hydrogen) atoms. The molecule has 1 fully saturated rings. The van der Waals surface area contributed by atoms with Crippen molar-refractivity contribution >= 4 is 22.8 Å². The van der Waals surface area contributed by atoms with Gasteiger partial charge < -0.3 is 15.0 Å². The maximum absolute atomic E-state index is 12.8. The van der Waals surface area contributed by atoms with E-state index in [1.807, 2.05) is 41.4 Å². The van der Waals surface area contributed by atoms with E-state index in [2.05, 4.69) is 10.1 Å². The summed E-state index contributed by atoms with van der Waals surface area (Å²) in [5.41, 5.74) is 2.92. The zero-order valence-electron chi connectivity index (χ0n) is 15.0. The van der Waals surface area contributed by atoms with E-state index in [1.54, 1.807) is 6.20 Å². The summed E-state index contributed by atoms with van der Waals surface area (Å²) in [5, 5.41) is 14.3. The predicted octanol–water partition coefficient (Wildman–Crippen LogP) is 2.40. The van der Waals surface area contributed by atoms with Crippen molar-refractivity contribution in [2.24, 2.45) is 0 Å². The SMILES string of the molecule is O=C(O)Cn1ccc([C@@H]2CCCN(C(=O)Cc3c[nH]c4ccccc34)C2)n1. The normalized spacial score (nSPS) is 17.3. The van der Waals surface area contributed by atoms with Crippen molar-refractivity contribution in [3.8, 4) is 0 Å². The summed E-state index contributed by atoms with van der Waals surface area (Å²) >= 11 is 0. The molecular formula is C20H22N4O3. The third-order valence-electron chi connectivity index (χ3n) is 5.17. The highest BCUT2D eigenvalue weighted by Crippen LogP contribution is 2.27. The highest BCUT2D eigenvalue weighted by molar-refractivity contribution is 5.88. The van der Waals surface area contributed by atoms with Crippen molar-refractivity contribution in [1.82, 2.24) is 19.7 Å². The molecule has 0 radical (unpaired) electrons. The summed E-state index contributed by atoms with van der Waals surface area (Å²) in [6.45, 7) is 1.24. The maximum Gasteiger partial charge on any atom is 0.325 e. The highest BCUT2D eigenvalue weighted by Gasteiger charge is 2.26. The number of benzene rings is 1. The van der Waals surface area contributed by atoms with Crippen LogP contribution < -0.4 is 0 Å². The van der Waals surface area contributed by atoms with Gasteiger partial charge in [-0.25, -0.2) is 0 Å². The molecule has 0 spiro atoms. The van der Waals surface area contributed by atoms with Gasteiger partial charge in [-0.3, -0.25) is 14.3 Å². The fourth-order valence-electron chi connectivity index (χ4n) is 3.82. The van der Waals surface area contributed by atoms with Crippen LogP contribution >= 0.6 is 0 Å². The van der Waals surface area contributed by atoms with Crippen LogP contribution in [0.25, 0.3) is 10.9 Å². The number of nitrogens with zero attached hydrogens (tertiary/aromatic N) is 3. The van der Waals surface area contributed by atoms with Crippen LogP contribution in [0.2, 0.25) is 0 Å². The Labute approximate surface area is 156 Å². The van der Waals surface area contributed by atoms with Crippen molar-refractivity contribution in [2.45, 2.75) is 31.7 Å². The van der Waals surface area contributed by atoms with E-state index < -0.39 is 5.97 Å². The van der Waals surface area contributed by atoms with E-state index >= 15 is 0 Å². The minimum atomic E-state index is -0.913. The van der Waals surface area contributed by atoms with E-state index in [4.69, 9.17) is 5.11 Å². The molecule has 2 aromatic heterocycles. The molecule has 7 heteroatoms. The molecule has 1 saturated heterocycles. The predicted molar refractivity (Wildman–Crippen MR) is 100 cm³/mol. The molecule has 140 valence electrons. The number of aliphatic carboxylic acids is 1. The lowest BCUT2D eigenvalue weighted by atomic mass is 9.94. The zero-order valence-corrected chi connectivity index (χ0v) is 15.0. The molecule has 1 atom stereocenters. The van der Waals surface area contributed by atoms with E-state index in [0.717, 1.165) is 41.5 Å². The van der Waals surface area contributed by atoms with Gasteiger partial charge in [-0.15, -0.1) is 0 Å². The monoisotopic (exact) mass is 366 g/mol. The molecule has 1 aromatic carbocycles. The lowest BCUT2D eigenvalue weighted by Gasteiger charge is -2.32. The summed E-state index contributed by atoms with van der Waals surface area (Å²) in [5.74, 6) is -0.640. The van der Waals surface area contributed by atoms with Gasteiger partial charge in [0.05, 0.1) is 12.1 Å². The number of likely N-dealkylation sites (tertiary alicyclic amines) is 1. The van der Waals surface area contributed by atoms with Gasteiger partial charge in [0.15, 0.2) is 0 Å². The van der Waals surface area contributed by atoms with Gasteiger partial charge in [0, 0.05) is 42.3 Å². The lowest BCUT2D eigenvalue weighted by molar-refractivity contribution is -0.138. The molecule has 3 heterocycles. The average molecular weight is 366 g/mol. The van der Waals surface area contributed by atoms with Gasteiger partial charge >= 0.3 is 5.97 Å². The van der Waals surface area contributed by atoms with Crippen LogP contribution in [0.5, 0.6) is 0 Å². The van der Waals surface area contributed by atoms with Crippen LogP contribution in [0.15, 0.2) is 42.7 Å². The highest BCUT2D eigenvalue weighted by atomic mass is 16.4. The number of aromatic amines is 1. The van der Waals surface area contributed by atoms with Crippen molar-refractivity contribution in [2.75, 3.05) is 13.1 Å². The molecular weight excluding hydrogens is 344 g/mol. The first-order chi connectivity index (χ1) is 13.1. The Morgan fingerprint density at radius 2 is 2.11 bits per heavy atom. The quantitative estimate of drug-likeness (QED) is 0.725. The average Bonchev–Trinajstić information content (AvgIpc) is 3.29. The Balaban J connectivity index is 1.44. The van der Waals surface area contributed by atoms with E-state index in [1.165, 1.54) is 4.68 Å². The summed E-state index contributed by atoms with van der Waals surface area (Å²) in [6, 6.07) is 9.86. The smallest absolute Gasteiger partial charge is 0.325 e. The molecule has 4 rings (SSSR count). The summed E-state index contributed by atoms with van der Waals surface area (Å²) in [4.78, 5) is 28.8. The molecule has 7 nitrogen and oxygen atoms in total. The van der Waals surface area contributed by atoms with Crippen molar-refractivity contribution in [3.63, 3.8) is 0 Å². The summed E-state index contributed by atoms with van der Waals surface area (Å²) in [6.07, 6.45) is 5.87. The molecule has 3 aromatic rings. The van der Waals surface area contributed by atoms with Gasteiger partial charge in [0.25, 0.3) is 0 Å². The number of carboxylic acid groups (broad SMARTS) is 1. The fraction of sp³-hybridized carbons (Fsp3) is 0.350. The van der Waals surface area contributed by atoms with Crippen LogP contribution in [0.3, 0.4) is 0 Å². The number of hydrogen-bond donors (Lipinski definition) is 2. The van der Waals surface area contributed by atoms with E-state index in [-0.39, 0.29) is 18.4 Å². The van der Waals surface area contributed by atoms with Crippen LogP contribution in [0, 0.1) is 0 Å². The number of nitrogens with one attached hydrogen (secondary N) is 1. The van der Waals surface area contributed by atoms with Crippen molar-refractivity contribution < 1.29 is 14.7 Å². The van der Waals surface area contributed by atoms with Gasteiger partial charge in [-0.1, -0.05) is 18.2 Å². The Kier molecular flexibility index (Phi) is 4.66. The zero-order chi connectivity index (χ0) is 18.8. The largest absolute Gasteiger partial charge is 0.480 e. The Bertz CT molecular complexity index is 974. The third-order valence-corrected chi connectivity index (χ3v) is 5.17. The number of para-hydroxylation sites is 1. The van der Waals surface area contributed by atoms with Crippen LogP contribution in [0.1, 0.15) is 30.0 Å². The second kappa shape index (κ2) is 7.26. The first-order valence-electron chi connectivity index (χ1n) is 9.18. The van der Waals surface area contributed by atoms with Crippen LogP contribution in [-0.2, 0) is 22.6 Å². The minimum Gasteiger partial charge on any atom is -0.480 e. The second-order valence-corrected chi connectivity index (χ2v) is 7.05. The van der Waals surface area contributed by atoms with Crippen LogP contribution in [0.4, 0.5) is 0 Å². The molecule has 1 amide bonds. The standard InChI is InChI=1S/C20H22N4O3/c25-19(10-15-11-21-18-6-2-1-5-16(15)18)23-8-3-4-14(12-23)17-7-9-24(22-17)13-20(26)27/h1-2,5-7,9,11,14,21H,3-4,8,10,12-13H2,(H,26,27)/t14-/m1/s1. The topological polar surface area (TPSA) is 91.2 Å². The van der Waals surface area contributed by atoms with Crippen molar-refractivity contribution in [3.05, 3.63) is 54.0 Å². The Morgan fingerprint density at radius 1 is 1.26 bits per heavy atom. The number of aromatic nitrogens is 3. The fourth-order valence-corrected chi connectivity index (χ4v) is 3.82. The molecule has 0 unspecified atom stereocenters. The molecule has 1 aliphatic rings. The van der Waals surface area contributed by atoms with Gasteiger partial charge in [-0.2, -0.15) is 5.10 Å². The second-order valence-electron chi connectivity index (χ2n) is 7.05. The third kappa shape index (κ3) is 3.72. The number of fused-ring (bicyclic) bond motifs is 1. The summed E-state index contributed by atoms with van der Waals surface area (Å²) < 4.78 is 1.43. The molecule has 1 aliphatic heterocycles. The number of H-pyrrole nitrogens is 1. The first-order valence-corrected chi connectivity index (χ1v) is 9.18. The minimum absolute atomic E-state index is 0.120.